The molecule has 0 radical (unpaired) electrons. The number of aromatic nitrogens is 3. The minimum Gasteiger partial charge on any atom is -0.464 e. The fourth-order valence-electron chi connectivity index (χ4n) is 9.86. The Morgan fingerprint density at radius 2 is 1.88 bits per heavy atom. The number of carbonyl (C=O) groups is 5. The number of esters is 1. The SMILES string of the molecule is CCn1c(-c2cccnc2)c2c3cc(ccc31)-c1csc(n1)C[C@H](NC(=O)C(C(C)C)N(C)C(=O)[C@H]1CCN(C(=O)C#CCN3CCOCC3)C1)C(=O)N1CCC[C@H](N1)C(=O)OCC(C)(C)C2. The summed E-state index contributed by atoms with van der Waals surface area (Å²) in [7, 11) is 1.61. The summed E-state index contributed by atoms with van der Waals surface area (Å²) in [5.74, 6) is 2.96. The summed E-state index contributed by atoms with van der Waals surface area (Å²) in [5.41, 5.74) is 8.61. The number of aryl methyl sites for hydroxylation is 1. The highest BCUT2D eigenvalue weighted by atomic mass is 32.1. The van der Waals surface area contributed by atoms with Crippen LogP contribution in [0, 0.1) is 29.1 Å². The van der Waals surface area contributed by atoms with Gasteiger partial charge in [-0.05, 0) is 74.3 Å². The molecular formula is C50H63N9O7S. The first kappa shape index (κ1) is 47.8. The van der Waals surface area contributed by atoms with Crippen LogP contribution in [0.25, 0.3) is 33.4 Å². The number of nitrogens with zero attached hydrogens (tertiary/aromatic N) is 7. The number of benzene rings is 1. The van der Waals surface area contributed by atoms with Crippen molar-refractivity contribution in [2.24, 2.45) is 17.3 Å². The van der Waals surface area contributed by atoms with E-state index in [1.54, 1.807) is 18.1 Å². The Hall–Kier alpha value is -5.67. The van der Waals surface area contributed by atoms with Gasteiger partial charge in [-0.2, -0.15) is 0 Å². The number of likely N-dealkylation sites (tertiary alicyclic amines) is 1. The van der Waals surface area contributed by atoms with Crippen molar-refractivity contribution in [1.29, 1.82) is 0 Å². The van der Waals surface area contributed by atoms with Gasteiger partial charge in [-0.3, -0.25) is 38.9 Å². The molecule has 3 saturated heterocycles. The van der Waals surface area contributed by atoms with Gasteiger partial charge in [0.25, 0.3) is 11.8 Å². The molecule has 1 unspecified atom stereocenters. The average Bonchev–Trinajstić information content (AvgIpc) is 4.09. The number of likely N-dealkylation sites (N-methyl/N-ethyl adjacent to an activating group) is 1. The number of hydrogen-bond acceptors (Lipinski definition) is 12. The van der Waals surface area contributed by atoms with Crippen molar-refractivity contribution >= 4 is 51.8 Å². The fraction of sp³-hybridized carbons (Fsp3) is 0.540. The van der Waals surface area contributed by atoms with Crippen molar-refractivity contribution in [3.8, 4) is 34.4 Å². The predicted molar refractivity (Wildman–Crippen MR) is 255 cm³/mol. The first-order valence-electron chi connectivity index (χ1n) is 23.6. The number of morpholine rings is 1. The van der Waals surface area contributed by atoms with Gasteiger partial charge in [-0.25, -0.2) is 10.4 Å². The van der Waals surface area contributed by atoms with Gasteiger partial charge < -0.3 is 29.2 Å². The van der Waals surface area contributed by atoms with E-state index >= 15 is 0 Å². The molecule has 1 aromatic carbocycles. The first-order chi connectivity index (χ1) is 32.2. The predicted octanol–water partition coefficient (Wildman–Crippen LogP) is 4.16. The maximum Gasteiger partial charge on any atom is 0.324 e. The zero-order valence-electron chi connectivity index (χ0n) is 39.5. The Labute approximate surface area is 396 Å². The Balaban J connectivity index is 1.06. The molecule has 0 aliphatic carbocycles. The summed E-state index contributed by atoms with van der Waals surface area (Å²) in [4.78, 5) is 84.8. The van der Waals surface area contributed by atoms with E-state index in [1.807, 2.05) is 31.5 Å². The van der Waals surface area contributed by atoms with Gasteiger partial charge in [0.1, 0.15) is 18.1 Å². The molecule has 17 heteroatoms. The monoisotopic (exact) mass is 933 g/mol. The number of rotatable bonds is 8. The highest BCUT2D eigenvalue weighted by Gasteiger charge is 2.40. The maximum absolute atomic E-state index is 14.6. The first-order valence-corrected chi connectivity index (χ1v) is 24.5. The molecule has 16 nitrogen and oxygen atoms in total. The van der Waals surface area contributed by atoms with E-state index in [9.17, 15) is 24.0 Å². The molecule has 3 fully saturated rings. The lowest BCUT2D eigenvalue weighted by Crippen LogP contribution is -2.62. The lowest BCUT2D eigenvalue weighted by atomic mass is 9.84. The number of fused-ring (bicyclic) bond motifs is 6. The molecule has 67 heavy (non-hydrogen) atoms. The van der Waals surface area contributed by atoms with Gasteiger partial charge in [-0.1, -0.05) is 39.7 Å². The second kappa shape index (κ2) is 20.7. The van der Waals surface area contributed by atoms with Gasteiger partial charge in [0.05, 0.1) is 48.7 Å². The lowest BCUT2D eigenvalue weighted by molar-refractivity contribution is -0.155. The van der Waals surface area contributed by atoms with E-state index in [0.717, 1.165) is 58.6 Å². The number of hydrogen-bond donors (Lipinski definition) is 2. The highest BCUT2D eigenvalue weighted by Crippen LogP contribution is 2.40. The summed E-state index contributed by atoms with van der Waals surface area (Å²) < 4.78 is 13.8. The summed E-state index contributed by atoms with van der Waals surface area (Å²) >= 11 is 1.41. The summed E-state index contributed by atoms with van der Waals surface area (Å²) in [5, 5.41) is 8.14. The third-order valence-electron chi connectivity index (χ3n) is 13.3. The molecule has 7 heterocycles. The largest absolute Gasteiger partial charge is 0.464 e. The molecule has 0 saturated carbocycles. The zero-order chi connectivity index (χ0) is 47.4. The van der Waals surface area contributed by atoms with E-state index in [0.29, 0.717) is 63.5 Å². The van der Waals surface area contributed by atoms with Crippen molar-refractivity contribution in [3.05, 3.63) is 58.7 Å². The molecule has 0 spiro atoms. The van der Waals surface area contributed by atoms with Crippen LogP contribution >= 0.6 is 11.3 Å². The Morgan fingerprint density at radius 1 is 1.07 bits per heavy atom. The second-order valence-corrected chi connectivity index (χ2v) is 20.2. The van der Waals surface area contributed by atoms with Crippen molar-refractivity contribution < 1.29 is 33.4 Å². The number of ether oxygens (including phenoxy) is 2. The van der Waals surface area contributed by atoms with E-state index in [-0.39, 0.29) is 37.3 Å². The molecule has 4 atom stereocenters. The minimum atomic E-state index is -1.08. The molecular weight excluding hydrogens is 871 g/mol. The molecule has 4 amide bonds. The Bertz CT molecular complexity index is 2540. The van der Waals surface area contributed by atoms with E-state index in [2.05, 4.69) is 82.1 Å². The van der Waals surface area contributed by atoms with Crippen LogP contribution in [0.3, 0.4) is 0 Å². The molecule has 8 rings (SSSR count). The smallest absolute Gasteiger partial charge is 0.324 e. The number of thiazole rings is 1. The number of pyridine rings is 1. The second-order valence-electron chi connectivity index (χ2n) is 19.3. The van der Waals surface area contributed by atoms with Crippen LogP contribution in [-0.4, -0.2) is 148 Å². The third-order valence-corrected chi connectivity index (χ3v) is 14.2. The van der Waals surface area contributed by atoms with Gasteiger partial charge in [-0.15, -0.1) is 11.3 Å². The quantitative estimate of drug-likeness (QED) is 0.192. The number of carbonyl (C=O) groups excluding carboxylic acids is 5. The fourth-order valence-corrected chi connectivity index (χ4v) is 10.7. The van der Waals surface area contributed by atoms with Gasteiger partial charge >= 0.3 is 5.97 Å². The molecule has 4 aromatic rings. The zero-order valence-corrected chi connectivity index (χ0v) is 40.3. The normalized spacial score (nSPS) is 21.9. The van der Waals surface area contributed by atoms with E-state index < -0.39 is 47.2 Å². The van der Waals surface area contributed by atoms with Crippen molar-refractivity contribution in [1.82, 2.24) is 45.0 Å². The maximum atomic E-state index is 14.6. The van der Waals surface area contributed by atoms with E-state index in [4.69, 9.17) is 14.5 Å². The van der Waals surface area contributed by atoms with Gasteiger partial charge in [0.2, 0.25) is 11.8 Å². The van der Waals surface area contributed by atoms with Crippen LogP contribution in [0.4, 0.5) is 0 Å². The van der Waals surface area contributed by atoms with Crippen LogP contribution in [0.1, 0.15) is 64.5 Å². The molecule has 4 aliphatic heterocycles. The molecule has 3 aromatic heterocycles. The summed E-state index contributed by atoms with van der Waals surface area (Å²) in [6.45, 7) is 15.2. The Morgan fingerprint density at radius 3 is 2.63 bits per heavy atom. The van der Waals surface area contributed by atoms with E-state index in [1.165, 1.54) is 21.2 Å². The summed E-state index contributed by atoms with van der Waals surface area (Å²) in [6.07, 6.45) is 5.82. The number of cyclic esters (lactones) is 1. The molecule has 2 N–H and O–H groups in total. The van der Waals surface area contributed by atoms with Crippen molar-refractivity contribution in [3.63, 3.8) is 0 Å². The topological polar surface area (TPSA) is 172 Å². The van der Waals surface area contributed by atoms with Crippen LogP contribution in [-0.2, 0) is 52.8 Å². The lowest BCUT2D eigenvalue weighted by Gasteiger charge is -2.36. The van der Waals surface area contributed by atoms with Gasteiger partial charge in [0, 0.05) is 98.0 Å². The van der Waals surface area contributed by atoms with Crippen molar-refractivity contribution in [2.45, 2.75) is 91.4 Å². The number of hydrazine groups is 1. The number of nitrogens with one attached hydrogen (secondary N) is 2. The van der Waals surface area contributed by atoms with Crippen molar-refractivity contribution in [2.75, 3.05) is 66.1 Å². The van der Waals surface area contributed by atoms with Crippen LogP contribution in [0.2, 0.25) is 0 Å². The highest BCUT2D eigenvalue weighted by molar-refractivity contribution is 7.10. The standard InChI is InChI=1S/C50H63N9O7S/c1-7-58-41-15-14-33-25-36(41)37(45(58)34-11-8-17-51-28-34)27-50(4,5)31-66-49(64)38-12-9-19-59(54-38)48(63)39(26-42-52-40(33)30-67-42)53-46(61)44(32(2)3)55(6)47(62)35-16-20-57(29-35)43(60)13-10-18-56-21-23-65-24-22-56/h8,11,14-15,17,25,28,30,32,35,38-39,44,54H,7,9,12,16,18-24,26-27,29,31H2,1-6H3,(H,53,61)/t35-,38-,39-,44?/m0/s1. The summed E-state index contributed by atoms with van der Waals surface area (Å²) in [6, 6.07) is 7.60. The van der Waals surface area contributed by atoms with Gasteiger partial charge in [0.15, 0.2) is 0 Å². The molecule has 356 valence electrons. The van der Waals surface area contributed by atoms with Crippen LogP contribution in [0.5, 0.6) is 0 Å². The molecule has 6 bridgehead atoms. The molecule has 4 aliphatic rings. The average molecular weight is 934 g/mol. The third kappa shape index (κ3) is 10.7. The number of amides is 4. The Kier molecular flexibility index (Phi) is 14.8. The minimum absolute atomic E-state index is 0.0797. The van der Waals surface area contributed by atoms with Crippen LogP contribution < -0.4 is 10.7 Å². The van der Waals surface area contributed by atoms with Crippen LogP contribution in [0.15, 0.2) is 48.1 Å².